The molecule has 0 aliphatic carbocycles. The maximum Gasteiger partial charge on any atom is 0.315 e. The van der Waals surface area contributed by atoms with Crippen molar-refractivity contribution in [3.63, 3.8) is 0 Å². The Balaban J connectivity index is 1.30. The first-order valence-electron chi connectivity index (χ1n) is 7.83. The van der Waals surface area contributed by atoms with Gasteiger partial charge in [-0.3, -0.25) is 0 Å². The van der Waals surface area contributed by atoms with Crippen LogP contribution in [0, 0.1) is 0 Å². The fraction of sp³-hybridized carbons (Fsp3) is 0.467. The normalized spacial score (nSPS) is 12.9. The van der Waals surface area contributed by atoms with Crippen molar-refractivity contribution in [2.75, 3.05) is 12.3 Å². The lowest BCUT2D eigenvalue weighted by atomic mass is 10.3. The standard InChI is InChI=1S/C15H19ClN6OS/c16-12-8-11(3-4-17-12)10-24-7-5-18-15(23)19-9-14-21-20-13-2-1-6-22(13)14/h3-4,8H,1-2,5-7,9-10H2,(H2,18,19,23). The Morgan fingerprint density at radius 3 is 3.17 bits per heavy atom. The Morgan fingerprint density at radius 1 is 1.38 bits per heavy atom. The molecule has 0 unspecified atom stereocenters. The van der Waals surface area contributed by atoms with Crippen molar-refractivity contribution >= 4 is 29.4 Å². The zero-order chi connectivity index (χ0) is 16.8. The van der Waals surface area contributed by atoms with E-state index < -0.39 is 0 Å². The molecule has 9 heteroatoms. The quantitative estimate of drug-likeness (QED) is 0.578. The second-order valence-corrected chi connectivity index (χ2v) is 6.93. The van der Waals surface area contributed by atoms with Gasteiger partial charge in [-0.05, 0) is 24.1 Å². The van der Waals surface area contributed by atoms with Crippen molar-refractivity contribution < 1.29 is 4.79 Å². The molecule has 128 valence electrons. The molecule has 2 amide bonds. The molecule has 0 spiro atoms. The second kappa shape index (κ2) is 8.34. The highest BCUT2D eigenvalue weighted by atomic mass is 35.5. The smallest absolute Gasteiger partial charge is 0.315 e. The van der Waals surface area contributed by atoms with E-state index in [1.807, 2.05) is 12.1 Å². The van der Waals surface area contributed by atoms with Gasteiger partial charge in [0.2, 0.25) is 0 Å². The number of nitrogens with one attached hydrogen (secondary N) is 2. The number of fused-ring (bicyclic) bond motifs is 1. The van der Waals surface area contributed by atoms with Crippen LogP contribution < -0.4 is 10.6 Å². The first-order chi connectivity index (χ1) is 11.7. The molecule has 1 aliphatic rings. The Morgan fingerprint density at radius 2 is 2.29 bits per heavy atom. The highest BCUT2D eigenvalue weighted by Crippen LogP contribution is 2.14. The first-order valence-corrected chi connectivity index (χ1v) is 9.36. The predicted octanol–water partition coefficient (Wildman–Crippen LogP) is 2.01. The van der Waals surface area contributed by atoms with Crippen LogP contribution in [0.2, 0.25) is 5.15 Å². The third kappa shape index (κ3) is 4.61. The van der Waals surface area contributed by atoms with E-state index in [0.29, 0.717) is 18.2 Å². The predicted molar refractivity (Wildman–Crippen MR) is 94.0 cm³/mol. The Hall–Kier alpha value is -1.80. The number of aryl methyl sites for hydroxylation is 1. The molecule has 0 saturated heterocycles. The minimum Gasteiger partial charge on any atom is -0.337 e. The van der Waals surface area contributed by atoms with Crippen LogP contribution >= 0.6 is 23.4 Å². The monoisotopic (exact) mass is 366 g/mol. The molecule has 3 heterocycles. The molecule has 0 radical (unpaired) electrons. The SMILES string of the molecule is O=C(NCCSCc1ccnc(Cl)c1)NCc1nnc2n1CCC2. The maximum absolute atomic E-state index is 11.8. The highest BCUT2D eigenvalue weighted by molar-refractivity contribution is 7.98. The molecule has 2 N–H and O–H groups in total. The number of nitrogens with zero attached hydrogens (tertiary/aromatic N) is 4. The summed E-state index contributed by atoms with van der Waals surface area (Å²) in [5, 5.41) is 14.4. The number of carbonyl (C=O) groups is 1. The fourth-order valence-corrected chi connectivity index (χ4v) is 3.52. The van der Waals surface area contributed by atoms with Crippen LogP contribution in [0.3, 0.4) is 0 Å². The fourth-order valence-electron chi connectivity index (χ4n) is 2.52. The average Bonchev–Trinajstić information content (AvgIpc) is 3.16. The third-order valence-corrected chi connectivity index (χ3v) is 4.92. The topological polar surface area (TPSA) is 84.7 Å². The van der Waals surface area contributed by atoms with E-state index in [2.05, 4.69) is 30.4 Å². The summed E-state index contributed by atoms with van der Waals surface area (Å²) in [7, 11) is 0. The van der Waals surface area contributed by atoms with Gasteiger partial charge in [0.1, 0.15) is 11.0 Å². The Labute approximate surface area is 149 Å². The number of carbonyl (C=O) groups excluding carboxylic acids is 1. The van der Waals surface area contributed by atoms with E-state index in [0.717, 1.165) is 48.1 Å². The lowest BCUT2D eigenvalue weighted by Crippen LogP contribution is -2.36. The van der Waals surface area contributed by atoms with E-state index >= 15 is 0 Å². The third-order valence-electron chi connectivity index (χ3n) is 3.68. The molecule has 2 aromatic heterocycles. The van der Waals surface area contributed by atoms with Crippen LogP contribution in [0.1, 0.15) is 23.6 Å². The summed E-state index contributed by atoms with van der Waals surface area (Å²) in [6.45, 7) is 1.95. The number of aromatic nitrogens is 4. The van der Waals surface area contributed by atoms with Gasteiger partial charge in [-0.15, -0.1) is 10.2 Å². The lowest BCUT2D eigenvalue weighted by Gasteiger charge is -2.08. The van der Waals surface area contributed by atoms with Crippen molar-refractivity contribution in [1.82, 2.24) is 30.4 Å². The summed E-state index contributed by atoms with van der Waals surface area (Å²) in [4.78, 5) is 15.8. The molecular formula is C15H19ClN6OS. The Bertz CT molecular complexity index is 707. The average molecular weight is 367 g/mol. The van der Waals surface area contributed by atoms with Crippen LogP contribution in [0.15, 0.2) is 18.3 Å². The summed E-state index contributed by atoms with van der Waals surface area (Å²) in [5.74, 6) is 3.51. The molecule has 24 heavy (non-hydrogen) atoms. The molecule has 0 fully saturated rings. The van der Waals surface area contributed by atoms with Gasteiger partial charge in [0, 0.05) is 37.2 Å². The summed E-state index contributed by atoms with van der Waals surface area (Å²) in [6, 6.07) is 3.61. The van der Waals surface area contributed by atoms with Gasteiger partial charge < -0.3 is 15.2 Å². The number of rotatable bonds is 7. The van der Waals surface area contributed by atoms with Crippen LogP contribution in [0.5, 0.6) is 0 Å². The van der Waals surface area contributed by atoms with Crippen molar-refractivity contribution in [2.24, 2.45) is 0 Å². The highest BCUT2D eigenvalue weighted by Gasteiger charge is 2.17. The van der Waals surface area contributed by atoms with Gasteiger partial charge in [-0.1, -0.05) is 11.6 Å². The molecule has 0 atom stereocenters. The number of thioether (sulfide) groups is 1. The zero-order valence-electron chi connectivity index (χ0n) is 13.2. The van der Waals surface area contributed by atoms with E-state index in [-0.39, 0.29) is 6.03 Å². The zero-order valence-corrected chi connectivity index (χ0v) is 14.7. The summed E-state index contributed by atoms with van der Waals surface area (Å²) < 4.78 is 2.08. The van der Waals surface area contributed by atoms with Gasteiger partial charge in [-0.25, -0.2) is 9.78 Å². The largest absolute Gasteiger partial charge is 0.337 e. The molecular weight excluding hydrogens is 348 g/mol. The number of halogens is 1. The summed E-state index contributed by atoms with van der Waals surface area (Å²) >= 11 is 7.58. The number of hydrogen-bond acceptors (Lipinski definition) is 5. The second-order valence-electron chi connectivity index (χ2n) is 5.44. The van der Waals surface area contributed by atoms with Gasteiger partial charge in [-0.2, -0.15) is 11.8 Å². The van der Waals surface area contributed by atoms with Crippen molar-refractivity contribution in [3.05, 3.63) is 40.7 Å². The van der Waals surface area contributed by atoms with E-state index in [1.54, 1.807) is 18.0 Å². The first kappa shape index (κ1) is 17.0. The van der Waals surface area contributed by atoms with Gasteiger partial charge in [0.15, 0.2) is 5.82 Å². The van der Waals surface area contributed by atoms with Crippen molar-refractivity contribution in [1.29, 1.82) is 0 Å². The van der Waals surface area contributed by atoms with Crippen molar-refractivity contribution in [2.45, 2.75) is 31.7 Å². The molecule has 0 saturated carbocycles. The van der Waals surface area contributed by atoms with Crippen molar-refractivity contribution in [3.8, 4) is 0 Å². The number of hydrogen-bond donors (Lipinski definition) is 2. The van der Waals surface area contributed by atoms with Crippen LogP contribution in [0.4, 0.5) is 4.79 Å². The molecule has 0 bridgehead atoms. The number of pyridine rings is 1. The molecule has 3 rings (SSSR count). The minimum absolute atomic E-state index is 0.182. The van der Waals surface area contributed by atoms with Gasteiger partial charge in [0.05, 0.1) is 6.54 Å². The van der Waals surface area contributed by atoms with Crippen LogP contribution in [-0.4, -0.2) is 38.1 Å². The Kier molecular flexibility index (Phi) is 5.92. The van der Waals surface area contributed by atoms with Crippen LogP contribution in [-0.2, 0) is 25.3 Å². The number of amides is 2. The van der Waals surface area contributed by atoms with E-state index in [1.165, 1.54) is 0 Å². The molecule has 7 nitrogen and oxygen atoms in total. The van der Waals surface area contributed by atoms with E-state index in [4.69, 9.17) is 11.6 Å². The summed E-state index contributed by atoms with van der Waals surface area (Å²) in [6.07, 6.45) is 3.77. The number of urea groups is 1. The van der Waals surface area contributed by atoms with Gasteiger partial charge >= 0.3 is 6.03 Å². The molecule has 0 aromatic carbocycles. The van der Waals surface area contributed by atoms with Gasteiger partial charge in [0.25, 0.3) is 0 Å². The van der Waals surface area contributed by atoms with Crippen LogP contribution in [0.25, 0.3) is 0 Å². The lowest BCUT2D eigenvalue weighted by molar-refractivity contribution is 0.240. The molecule has 1 aliphatic heterocycles. The van der Waals surface area contributed by atoms with E-state index in [9.17, 15) is 4.79 Å². The maximum atomic E-state index is 11.8. The minimum atomic E-state index is -0.182. The molecule has 2 aromatic rings. The summed E-state index contributed by atoms with van der Waals surface area (Å²) in [5.41, 5.74) is 1.13.